The second kappa shape index (κ2) is 6.00. The van der Waals surface area contributed by atoms with Crippen molar-refractivity contribution in [3.05, 3.63) is 29.8 Å². The Morgan fingerprint density at radius 3 is 2.63 bits per heavy atom. The summed E-state index contributed by atoms with van der Waals surface area (Å²) < 4.78 is 27.9. The zero-order valence-corrected chi connectivity index (χ0v) is 11.7. The van der Waals surface area contributed by atoms with Gasteiger partial charge < -0.3 is 15.2 Å². The number of nitrogens with one attached hydrogen (secondary N) is 1. The van der Waals surface area contributed by atoms with Gasteiger partial charge in [-0.1, -0.05) is 12.1 Å². The van der Waals surface area contributed by atoms with Gasteiger partial charge in [-0.15, -0.1) is 0 Å². The Kier molecular flexibility index (Phi) is 4.57. The fourth-order valence-electron chi connectivity index (χ4n) is 2.03. The van der Waals surface area contributed by atoms with Crippen molar-refractivity contribution in [1.82, 2.24) is 5.32 Å². The number of rotatable bonds is 5. The molecule has 0 amide bonds. The average molecular weight is 285 g/mol. The van der Waals surface area contributed by atoms with E-state index in [0.29, 0.717) is 24.8 Å². The monoisotopic (exact) mass is 285 g/mol. The van der Waals surface area contributed by atoms with Gasteiger partial charge >= 0.3 is 0 Å². The number of ether oxygens (including phenoxy) is 1. The van der Waals surface area contributed by atoms with E-state index in [2.05, 4.69) is 5.32 Å². The molecular weight excluding hydrogens is 266 g/mol. The first-order valence-electron chi connectivity index (χ1n) is 6.26. The highest BCUT2D eigenvalue weighted by atomic mass is 32.2. The number of aliphatic hydroxyl groups is 1. The Balaban J connectivity index is 1.93. The molecule has 2 rings (SSSR count). The van der Waals surface area contributed by atoms with Gasteiger partial charge in [0.15, 0.2) is 9.84 Å². The van der Waals surface area contributed by atoms with Gasteiger partial charge in [0.05, 0.1) is 17.6 Å². The minimum Gasteiger partial charge on any atom is -0.387 e. The smallest absolute Gasteiger partial charge is 0.175 e. The summed E-state index contributed by atoms with van der Waals surface area (Å²) in [6.45, 7) is 1.88. The molecule has 1 saturated heterocycles. The van der Waals surface area contributed by atoms with E-state index in [1.165, 1.54) is 18.4 Å². The van der Waals surface area contributed by atoms with Crippen molar-refractivity contribution >= 4 is 9.84 Å². The summed E-state index contributed by atoms with van der Waals surface area (Å²) in [5.74, 6) is 0. The predicted molar refractivity (Wildman–Crippen MR) is 71.7 cm³/mol. The predicted octanol–water partition coefficient (Wildman–Crippen LogP) is 0.502. The molecule has 1 heterocycles. The SMILES string of the molecule is CS(=O)(=O)c1ccc(C(O)CNC2CCOC2)cc1. The van der Waals surface area contributed by atoms with E-state index in [4.69, 9.17) is 4.74 Å². The molecule has 19 heavy (non-hydrogen) atoms. The molecule has 0 spiro atoms. The van der Waals surface area contributed by atoms with Gasteiger partial charge in [-0.05, 0) is 24.1 Å². The topological polar surface area (TPSA) is 75.6 Å². The lowest BCUT2D eigenvalue weighted by Gasteiger charge is -2.15. The van der Waals surface area contributed by atoms with E-state index < -0.39 is 15.9 Å². The van der Waals surface area contributed by atoms with Crippen molar-refractivity contribution in [2.24, 2.45) is 0 Å². The Hall–Kier alpha value is -0.950. The molecule has 5 nitrogen and oxygen atoms in total. The van der Waals surface area contributed by atoms with Gasteiger partial charge in [0.25, 0.3) is 0 Å². The highest BCUT2D eigenvalue weighted by Crippen LogP contribution is 2.16. The van der Waals surface area contributed by atoms with Crippen molar-refractivity contribution in [1.29, 1.82) is 0 Å². The van der Waals surface area contributed by atoms with Crippen LogP contribution >= 0.6 is 0 Å². The van der Waals surface area contributed by atoms with Crippen LogP contribution in [0, 0.1) is 0 Å². The summed E-state index contributed by atoms with van der Waals surface area (Å²) in [6, 6.07) is 6.63. The second-order valence-electron chi connectivity index (χ2n) is 4.83. The molecule has 6 heteroatoms. The van der Waals surface area contributed by atoms with Crippen LogP contribution in [0.25, 0.3) is 0 Å². The van der Waals surface area contributed by atoms with Crippen LogP contribution in [-0.4, -0.2) is 45.6 Å². The zero-order valence-electron chi connectivity index (χ0n) is 10.9. The van der Waals surface area contributed by atoms with E-state index in [1.54, 1.807) is 12.1 Å². The van der Waals surface area contributed by atoms with Crippen LogP contribution in [0.4, 0.5) is 0 Å². The number of benzene rings is 1. The molecule has 1 aromatic carbocycles. The van der Waals surface area contributed by atoms with Crippen LogP contribution in [-0.2, 0) is 14.6 Å². The molecule has 0 saturated carbocycles. The third-order valence-corrected chi connectivity index (χ3v) is 4.35. The van der Waals surface area contributed by atoms with Crippen molar-refractivity contribution in [3.8, 4) is 0 Å². The molecule has 2 unspecified atom stereocenters. The first-order chi connectivity index (χ1) is 8.97. The quantitative estimate of drug-likeness (QED) is 0.824. The fourth-order valence-corrected chi connectivity index (χ4v) is 2.66. The lowest BCUT2D eigenvalue weighted by atomic mass is 10.1. The summed E-state index contributed by atoms with van der Waals surface area (Å²) in [4.78, 5) is 0.264. The van der Waals surface area contributed by atoms with Crippen molar-refractivity contribution in [2.75, 3.05) is 26.0 Å². The van der Waals surface area contributed by atoms with Crippen LogP contribution < -0.4 is 5.32 Å². The Bertz CT molecular complexity index is 506. The maximum absolute atomic E-state index is 11.3. The lowest BCUT2D eigenvalue weighted by Crippen LogP contribution is -2.32. The normalized spacial score (nSPS) is 21.5. The summed E-state index contributed by atoms with van der Waals surface area (Å²) >= 11 is 0. The summed E-state index contributed by atoms with van der Waals surface area (Å²) in [7, 11) is -3.18. The lowest BCUT2D eigenvalue weighted by molar-refractivity contribution is 0.161. The van der Waals surface area contributed by atoms with Gasteiger partial charge in [-0.2, -0.15) is 0 Å². The van der Waals surface area contributed by atoms with E-state index >= 15 is 0 Å². The number of aliphatic hydroxyl groups excluding tert-OH is 1. The summed E-state index contributed by atoms with van der Waals surface area (Å²) in [5.41, 5.74) is 0.707. The number of sulfone groups is 1. The third-order valence-electron chi connectivity index (χ3n) is 3.22. The van der Waals surface area contributed by atoms with Gasteiger partial charge in [0, 0.05) is 25.4 Å². The largest absolute Gasteiger partial charge is 0.387 e. The van der Waals surface area contributed by atoms with Gasteiger partial charge in [0.2, 0.25) is 0 Å². The van der Waals surface area contributed by atoms with E-state index in [0.717, 1.165) is 13.0 Å². The Morgan fingerprint density at radius 1 is 1.42 bits per heavy atom. The van der Waals surface area contributed by atoms with E-state index in [-0.39, 0.29) is 4.90 Å². The minimum atomic E-state index is -3.18. The molecule has 1 aromatic rings. The van der Waals surface area contributed by atoms with E-state index in [9.17, 15) is 13.5 Å². The summed E-state index contributed by atoms with van der Waals surface area (Å²) in [5, 5.41) is 13.3. The standard InChI is InChI=1S/C13H19NO4S/c1-19(16,17)12-4-2-10(3-5-12)13(15)8-14-11-6-7-18-9-11/h2-5,11,13-15H,6-9H2,1H3. The van der Waals surface area contributed by atoms with Crippen LogP contribution in [0.1, 0.15) is 18.1 Å². The number of hydrogen-bond acceptors (Lipinski definition) is 5. The third kappa shape index (κ3) is 4.01. The molecule has 0 radical (unpaired) electrons. The Labute approximate surface area is 113 Å². The molecule has 1 aliphatic rings. The maximum Gasteiger partial charge on any atom is 0.175 e. The maximum atomic E-state index is 11.3. The van der Waals surface area contributed by atoms with Crippen LogP contribution in [0.2, 0.25) is 0 Å². The fraction of sp³-hybridized carbons (Fsp3) is 0.538. The minimum absolute atomic E-state index is 0.264. The highest BCUT2D eigenvalue weighted by molar-refractivity contribution is 7.90. The highest BCUT2D eigenvalue weighted by Gasteiger charge is 2.17. The summed E-state index contributed by atoms with van der Waals surface area (Å²) in [6.07, 6.45) is 1.48. The van der Waals surface area contributed by atoms with Crippen LogP contribution in [0.15, 0.2) is 29.2 Å². The average Bonchev–Trinajstić information content (AvgIpc) is 2.88. The second-order valence-corrected chi connectivity index (χ2v) is 6.84. The zero-order chi connectivity index (χ0) is 13.9. The van der Waals surface area contributed by atoms with Crippen LogP contribution in [0.3, 0.4) is 0 Å². The molecule has 106 valence electrons. The Morgan fingerprint density at radius 2 is 2.11 bits per heavy atom. The van der Waals surface area contributed by atoms with Crippen LogP contribution in [0.5, 0.6) is 0 Å². The van der Waals surface area contributed by atoms with Gasteiger partial charge in [-0.3, -0.25) is 0 Å². The van der Waals surface area contributed by atoms with Crippen molar-refractivity contribution in [2.45, 2.75) is 23.5 Å². The first kappa shape index (κ1) is 14.5. The van der Waals surface area contributed by atoms with Crippen molar-refractivity contribution < 1.29 is 18.3 Å². The molecule has 0 aromatic heterocycles. The molecule has 0 bridgehead atoms. The molecular formula is C13H19NO4S. The first-order valence-corrected chi connectivity index (χ1v) is 8.15. The molecule has 2 N–H and O–H groups in total. The number of hydrogen-bond donors (Lipinski definition) is 2. The van der Waals surface area contributed by atoms with E-state index in [1.807, 2.05) is 0 Å². The molecule has 2 atom stereocenters. The molecule has 0 aliphatic carbocycles. The van der Waals surface area contributed by atoms with Gasteiger partial charge in [-0.25, -0.2) is 8.42 Å². The molecule has 1 aliphatic heterocycles. The van der Waals surface area contributed by atoms with Crippen molar-refractivity contribution in [3.63, 3.8) is 0 Å². The molecule has 1 fully saturated rings. The van der Waals surface area contributed by atoms with Gasteiger partial charge in [0.1, 0.15) is 0 Å².